The van der Waals surface area contributed by atoms with Crippen LogP contribution in [0.2, 0.25) is 0 Å². The Bertz CT molecular complexity index is 904. The molecule has 2 heterocycles. The molecular weight excluding hydrogens is 320 g/mol. The summed E-state index contributed by atoms with van der Waals surface area (Å²) in [4.78, 5) is 18.1. The van der Waals surface area contributed by atoms with Crippen molar-refractivity contribution in [3.8, 4) is 17.0 Å². The molecule has 0 unspecified atom stereocenters. The second kappa shape index (κ2) is 6.61. The first kappa shape index (κ1) is 16.5. The number of benzene rings is 1. The van der Waals surface area contributed by atoms with Gasteiger partial charge < -0.3 is 4.74 Å². The summed E-state index contributed by atoms with van der Waals surface area (Å²) in [5.74, 6) is 0.809. The van der Waals surface area contributed by atoms with Crippen LogP contribution in [-0.4, -0.2) is 22.3 Å². The number of imidazole rings is 1. The summed E-state index contributed by atoms with van der Waals surface area (Å²) in [6.07, 6.45) is 1.78. The molecule has 0 spiro atoms. The lowest BCUT2D eigenvalue weighted by Gasteiger charge is -2.08. The lowest BCUT2D eigenvalue weighted by molar-refractivity contribution is 0.111. The predicted molar refractivity (Wildman–Crippen MR) is 98.3 cm³/mol. The molecule has 0 N–H and O–H groups in total. The third-order valence-corrected chi connectivity index (χ3v) is 5.00. The molecule has 3 rings (SSSR count). The molecule has 0 aliphatic carbocycles. The molecule has 0 aliphatic heterocycles. The minimum atomic E-state index is 0.512. The van der Waals surface area contributed by atoms with E-state index in [1.54, 1.807) is 11.3 Å². The molecule has 5 heteroatoms. The van der Waals surface area contributed by atoms with E-state index < -0.39 is 0 Å². The fourth-order valence-electron chi connectivity index (χ4n) is 2.67. The van der Waals surface area contributed by atoms with Crippen molar-refractivity contribution in [2.45, 2.75) is 27.2 Å². The quantitative estimate of drug-likeness (QED) is 0.482. The summed E-state index contributed by atoms with van der Waals surface area (Å²) >= 11 is 1.64. The zero-order chi connectivity index (χ0) is 17.3. The number of hydrogen-bond donors (Lipinski definition) is 0. The molecule has 0 aliphatic rings. The summed E-state index contributed by atoms with van der Waals surface area (Å²) in [6.45, 7) is 10.3. The summed E-state index contributed by atoms with van der Waals surface area (Å²) < 4.78 is 7.63. The van der Waals surface area contributed by atoms with E-state index in [9.17, 15) is 4.79 Å². The molecule has 0 bridgehead atoms. The van der Waals surface area contributed by atoms with Crippen LogP contribution in [0.3, 0.4) is 0 Å². The largest absolute Gasteiger partial charge is 0.489 e. The molecule has 0 amide bonds. The highest BCUT2D eigenvalue weighted by molar-refractivity contribution is 7.17. The Hall–Kier alpha value is -2.40. The van der Waals surface area contributed by atoms with Crippen LogP contribution in [0, 0.1) is 6.92 Å². The van der Waals surface area contributed by atoms with Crippen molar-refractivity contribution in [3.63, 3.8) is 0 Å². The molecule has 0 radical (unpaired) electrons. The van der Waals surface area contributed by atoms with Gasteiger partial charge in [0.15, 0.2) is 11.2 Å². The fraction of sp³-hybridized carbons (Fsp3) is 0.263. The molecule has 1 aromatic carbocycles. The van der Waals surface area contributed by atoms with E-state index >= 15 is 0 Å². The highest BCUT2D eigenvalue weighted by Gasteiger charge is 2.19. The summed E-state index contributed by atoms with van der Waals surface area (Å²) in [6, 6.07) is 7.95. The van der Waals surface area contributed by atoms with Crippen LogP contribution >= 0.6 is 11.3 Å². The van der Waals surface area contributed by atoms with Gasteiger partial charge in [-0.2, -0.15) is 0 Å². The number of thiazole rings is 1. The smallest absolute Gasteiger partial charge is 0.195 e. The van der Waals surface area contributed by atoms with Crippen LogP contribution < -0.4 is 4.74 Å². The zero-order valence-electron chi connectivity index (χ0n) is 14.1. The molecule has 3 aromatic rings. The first-order valence-electron chi connectivity index (χ1n) is 7.88. The summed E-state index contributed by atoms with van der Waals surface area (Å²) in [5, 5.41) is 0. The Morgan fingerprint density at radius 1 is 1.38 bits per heavy atom. The third kappa shape index (κ3) is 2.87. The van der Waals surface area contributed by atoms with Gasteiger partial charge in [-0.15, -0.1) is 11.3 Å². The summed E-state index contributed by atoms with van der Waals surface area (Å²) in [7, 11) is 0. The van der Waals surface area contributed by atoms with E-state index in [2.05, 4.69) is 18.5 Å². The Morgan fingerprint density at radius 2 is 2.08 bits per heavy atom. The highest BCUT2D eigenvalue weighted by Crippen LogP contribution is 2.34. The Balaban J connectivity index is 2.07. The van der Waals surface area contributed by atoms with Gasteiger partial charge >= 0.3 is 0 Å². The van der Waals surface area contributed by atoms with Crippen LogP contribution in [0.15, 0.2) is 36.4 Å². The van der Waals surface area contributed by atoms with Crippen molar-refractivity contribution in [1.29, 1.82) is 0 Å². The number of nitrogens with zero attached hydrogens (tertiary/aromatic N) is 2. The van der Waals surface area contributed by atoms with E-state index in [1.807, 2.05) is 42.5 Å². The number of fused-ring (bicyclic) bond motifs is 1. The number of aromatic nitrogens is 2. The predicted octanol–water partition coefficient (Wildman–Crippen LogP) is 4.70. The van der Waals surface area contributed by atoms with Crippen molar-refractivity contribution in [1.82, 2.24) is 9.38 Å². The van der Waals surface area contributed by atoms with Crippen molar-refractivity contribution in [2.75, 3.05) is 6.61 Å². The minimum absolute atomic E-state index is 0.512. The Labute approximate surface area is 145 Å². The number of carbonyl (C=O) groups excluding carboxylic acids is 1. The standard InChI is InChI=1S/C19H20N2O2S/c1-5-17-18(21-16(10-22)13(4)20-19(21)24-17)14-6-8-15(9-7-14)23-11-12(2)3/h6-10H,2,5,11H2,1,3-4H3. The average Bonchev–Trinajstić information content (AvgIpc) is 3.07. The lowest BCUT2D eigenvalue weighted by Crippen LogP contribution is -1.98. The molecular formula is C19H20N2O2S. The van der Waals surface area contributed by atoms with Crippen LogP contribution in [0.4, 0.5) is 0 Å². The highest BCUT2D eigenvalue weighted by atomic mass is 32.1. The minimum Gasteiger partial charge on any atom is -0.489 e. The van der Waals surface area contributed by atoms with Gasteiger partial charge in [-0.05, 0) is 55.7 Å². The summed E-state index contributed by atoms with van der Waals surface area (Å²) in [5.41, 5.74) is 4.48. The number of hydrogen-bond acceptors (Lipinski definition) is 4. The van der Waals surface area contributed by atoms with Crippen LogP contribution in [-0.2, 0) is 6.42 Å². The SMILES string of the molecule is C=C(C)COc1ccc(-c2c(CC)sc3nc(C)c(C=O)n23)cc1. The lowest BCUT2D eigenvalue weighted by atomic mass is 10.1. The van der Waals surface area contributed by atoms with Gasteiger partial charge in [0.05, 0.1) is 11.4 Å². The van der Waals surface area contributed by atoms with Crippen LogP contribution in [0.1, 0.15) is 34.9 Å². The molecule has 24 heavy (non-hydrogen) atoms. The van der Waals surface area contributed by atoms with Gasteiger partial charge in [0.2, 0.25) is 0 Å². The van der Waals surface area contributed by atoms with Gasteiger partial charge in [0, 0.05) is 4.88 Å². The monoisotopic (exact) mass is 340 g/mol. The van der Waals surface area contributed by atoms with Gasteiger partial charge in [-0.1, -0.05) is 13.5 Å². The van der Waals surface area contributed by atoms with Crippen LogP contribution in [0.25, 0.3) is 16.2 Å². The molecule has 0 saturated carbocycles. The van der Waals surface area contributed by atoms with Crippen LogP contribution in [0.5, 0.6) is 5.75 Å². The second-order valence-corrected chi connectivity index (χ2v) is 6.88. The average molecular weight is 340 g/mol. The Morgan fingerprint density at radius 3 is 2.67 bits per heavy atom. The maximum Gasteiger partial charge on any atom is 0.195 e. The number of carbonyl (C=O) groups is 1. The number of aldehydes is 1. The van der Waals surface area contributed by atoms with E-state index in [0.29, 0.717) is 12.3 Å². The normalized spacial score (nSPS) is 11.0. The van der Waals surface area contributed by atoms with E-state index in [-0.39, 0.29) is 0 Å². The zero-order valence-corrected chi connectivity index (χ0v) is 14.9. The van der Waals surface area contributed by atoms with Crippen molar-refractivity contribution in [2.24, 2.45) is 0 Å². The molecule has 0 saturated heterocycles. The molecule has 4 nitrogen and oxygen atoms in total. The van der Waals surface area contributed by atoms with Gasteiger partial charge in [0.25, 0.3) is 0 Å². The maximum absolute atomic E-state index is 11.5. The first-order chi connectivity index (χ1) is 11.5. The molecule has 124 valence electrons. The van der Waals surface area contributed by atoms with Crippen molar-refractivity contribution >= 4 is 22.6 Å². The number of ether oxygens (including phenoxy) is 1. The molecule has 2 aromatic heterocycles. The van der Waals surface area contributed by atoms with Gasteiger partial charge in [-0.3, -0.25) is 9.20 Å². The fourth-order valence-corrected chi connectivity index (χ4v) is 3.80. The number of rotatable bonds is 6. The molecule has 0 atom stereocenters. The van der Waals surface area contributed by atoms with Crippen molar-refractivity contribution in [3.05, 3.63) is 52.7 Å². The van der Waals surface area contributed by atoms with Gasteiger partial charge in [-0.25, -0.2) is 4.98 Å². The molecule has 0 fully saturated rings. The van der Waals surface area contributed by atoms with Crippen molar-refractivity contribution < 1.29 is 9.53 Å². The van der Waals surface area contributed by atoms with E-state index in [1.165, 1.54) is 4.88 Å². The third-order valence-electron chi connectivity index (χ3n) is 3.81. The van der Waals surface area contributed by atoms with E-state index in [0.717, 1.165) is 45.9 Å². The Kier molecular flexibility index (Phi) is 4.53. The topological polar surface area (TPSA) is 43.6 Å². The first-order valence-corrected chi connectivity index (χ1v) is 8.70. The van der Waals surface area contributed by atoms with E-state index in [4.69, 9.17) is 4.74 Å². The number of aryl methyl sites for hydroxylation is 2. The second-order valence-electron chi connectivity index (χ2n) is 5.82. The van der Waals surface area contributed by atoms with Gasteiger partial charge in [0.1, 0.15) is 18.1 Å². The maximum atomic E-state index is 11.5.